The van der Waals surface area contributed by atoms with Gasteiger partial charge in [-0.15, -0.1) is 0 Å². The van der Waals surface area contributed by atoms with Crippen molar-refractivity contribution >= 4 is 17.3 Å². The van der Waals surface area contributed by atoms with Crippen molar-refractivity contribution in [2.75, 3.05) is 12.4 Å². The molecule has 0 aromatic heterocycles. The summed E-state index contributed by atoms with van der Waals surface area (Å²) in [7, 11) is 1.63. The number of aryl methyl sites for hydroxylation is 2. The van der Waals surface area contributed by atoms with E-state index >= 15 is 0 Å². The third-order valence-corrected chi connectivity index (χ3v) is 5.73. The summed E-state index contributed by atoms with van der Waals surface area (Å²) in [6.45, 7) is 10.3. The van der Waals surface area contributed by atoms with Crippen LogP contribution in [-0.4, -0.2) is 13.2 Å². The fraction of sp³-hybridized carbons (Fsp3) is 0.333. The second-order valence-corrected chi connectivity index (χ2v) is 9.01. The van der Waals surface area contributed by atoms with Gasteiger partial charge < -0.3 is 14.9 Å². The molecule has 170 valence electrons. The molecule has 5 heteroatoms. The number of hydrogen-bond donors (Lipinski definition) is 2. The average molecular weight is 453 g/mol. The molecule has 3 rings (SSSR count). The van der Waals surface area contributed by atoms with Gasteiger partial charge in [0.25, 0.3) is 0 Å². The van der Waals surface area contributed by atoms with Gasteiger partial charge in [0.15, 0.2) is 0 Å². The minimum absolute atomic E-state index is 0.115. The van der Waals surface area contributed by atoms with Crippen LogP contribution >= 0.6 is 11.6 Å². The Labute approximate surface area is 196 Å². The largest absolute Gasteiger partial charge is 0.491 e. The van der Waals surface area contributed by atoms with Gasteiger partial charge in [0.1, 0.15) is 5.75 Å². The standard InChI is InChI=1S/C27H33ClN2O2/c1-18(2)32-26-14-13-21(16-20(26)4)27(5,30-31-6)24-17-22(28)10-8-12-25(24)29-23-11-7-9-19(3)15-23/h7,9-18,29-30H,8H2,1-6H3. The monoisotopic (exact) mass is 452 g/mol. The lowest BCUT2D eigenvalue weighted by Crippen LogP contribution is -2.42. The number of benzene rings is 2. The van der Waals surface area contributed by atoms with Crippen molar-refractivity contribution < 1.29 is 9.57 Å². The topological polar surface area (TPSA) is 42.5 Å². The van der Waals surface area contributed by atoms with Crippen LogP contribution in [0.3, 0.4) is 0 Å². The van der Waals surface area contributed by atoms with Crippen molar-refractivity contribution in [1.29, 1.82) is 0 Å². The first-order chi connectivity index (χ1) is 15.2. The highest BCUT2D eigenvalue weighted by atomic mass is 35.5. The van der Waals surface area contributed by atoms with Crippen LogP contribution in [0.15, 0.2) is 77.0 Å². The van der Waals surface area contributed by atoms with Crippen LogP contribution in [0, 0.1) is 13.8 Å². The number of hydroxylamine groups is 1. The molecule has 0 heterocycles. The molecule has 0 bridgehead atoms. The summed E-state index contributed by atoms with van der Waals surface area (Å²) in [5.41, 5.74) is 8.85. The van der Waals surface area contributed by atoms with E-state index in [-0.39, 0.29) is 6.10 Å². The molecule has 0 amide bonds. The van der Waals surface area contributed by atoms with Crippen LogP contribution in [0.2, 0.25) is 0 Å². The Bertz CT molecular complexity index is 1060. The molecule has 2 aromatic rings. The number of nitrogens with one attached hydrogen (secondary N) is 2. The van der Waals surface area contributed by atoms with Gasteiger partial charge in [-0.05, 0) is 82.0 Å². The van der Waals surface area contributed by atoms with Crippen molar-refractivity contribution in [2.45, 2.75) is 52.7 Å². The van der Waals surface area contributed by atoms with E-state index in [4.69, 9.17) is 21.2 Å². The number of rotatable bonds is 8. The van der Waals surface area contributed by atoms with E-state index in [1.807, 2.05) is 38.1 Å². The normalized spacial score (nSPS) is 15.9. The number of ether oxygens (including phenoxy) is 1. The van der Waals surface area contributed by atoms with Gasteiger partial charge in [0, 0.05) is 22.0 Å². The molecule has 1 aliphatic rings. The quantitative estimate of drug-likeness (QED) is 0.427. The lowest BCUT2D eigenvalue weighted by Gasteiger charge is -2.35. The number of allylic oxidation sites excluding steroid dienone is 4. The van der Waals surface area contributed by atoms with Crippen LogP contribution in [0.1, 0.15) is 43.9 Å². The molecule has 0 aliphatic heterocycles. The molecule has 0 saturated heterocycles. The maximum atomic E-state index is 6.55. The Hall–Kier alpha value is -2.53. The van der Waals surface area contributed by atoms with Crippen molar-refractivity contribution in [3.8, 4) is 5.75 Å². The van der Waals surface area contributed by atoms with Crippen LogP contribution in [0.25, 0.3) is 0 Å². The fourth-order valence-corrected chi connectivity index (χ4v) is 4.10. The molecule has 1 aliphatic carbocycles. The van der Waals surface area contributed by atoms with E-state index in [0.29, 0.717) is 5.03 Å². The smallest absolute Gasteiger partial charge is 0.122 e. The summed E-state index contributed by atoms with van der Waals surface area (Å²) < 4.78 is 5.95. The van der Waals surface area contributed by atoms with Crippen LogP contribution in [-0.2, 0) is 10.4 Å². The predicted molar refractivity (Wildman–Crippen MR) is 134 cm³/mol. The van der Waals surface area contributed by atoms with Gasteiger partial charge >= 0.3 is 0 Å². The molecule has 0 saturated carbocycles. The zero-order valence-corrected chi connectivity index (χ0v) is 20.5. The highest BCUT2D eigenvalue weighted by Gasteiger charge is 2.35. The van der Waals surface area contributed by atoms with E-state index in [0.717, 1.165) is 40.3 Å². The van der Waals surface area contributed by atoms with Gasteiger partial charge in [-0.25, -0.2) is 0 Å². The summed E-state index contributed by atoms with van der Waals surface area (Å²) >= 11 is 6.55. The Morgan fingerprint density at radius 1 is 1.06 bits per heavy atom. The van der Waals surface area contributed by atoms with Crippen LogP contribution in [0.4, 0.5) is 5.69 Å². The van der Waals surface area contributed by atoms with E-state index in [1.165, 1.54) is 5.56 Å². The summed E-state index contributed by atoms with van der Waals surface area (Å²) in [5.74, 6) is 0.880. The van der Waals surface area contributed by atoms with Crippen LogP contribution < -0.4 is 15.5 Å². The molecule has 1 unspecified atom stereocenters. The predicted octanol–water partition coefficient (Wildman–Crippen LogP) is 6.91. The first-order valence-electron chi connectivity index (χ1n) is 10.9. The van der Waals surface area contributed by atoms with Gasteiger partial charge in [0.05, 0.1) is 18.8 Å². The Morgan fingerprint density at radius 3 is 2.50 bits per heavy atom. The molecule has 0 fully saturated rings. The Morgan fingerprint density at radius 2 is 1.84 bits per heavy atom. The third-order valence-electron chi connectivity index (χ3n) is 5.46. The molecule has 0 spiro atoms. The Kier molecular flexibility index (Phi) is 7.83. The second kappa shape index (κ2) is 10.4. The van der Waals surface area contributed by atoms with E-state index < -0.39 is 5.54 Å². The number of hydrogen-bond acceptors (Lipinski definition) is 4. The van der Waals surface area contributed by atoms with Gasteiger partial charge in [0.2, 0.25) is 0 Å². The molecular formula is C27H33ClN2O2. The van der Waals surface area contributed by atoms with Crippen molar-refractivity contribution in [3.05, 3.63) is 93.7 Å². The highest BCUT2D eigenvalue weighted by Crippen LogP contribution is 2.38. The third kappa shape index (κ3) is 5.63. The Balaban J connectivity index is 2.07. The molecule has 2 aromatic carbocycles. The molecule has 0 radical (unpaired) electrons. The van der Waals surface area contributed by atoms with E-state index in [2.05, 4.69) is 68.0 Å². The average Bonchev–Trinajstić information content (AvgIpc) is 2.91. The molecule has 2 N–H and O–H groups in total. The first-order valence-corrected chi connectivity index (χ1v) is 11.3. The minimum atomic E-state index is -0.670. The molecule has 32 heavy (non-hydrogen) atoms. The fourth-order valence-electron chi connectivity index (χ4n) is 3.90. The van der Waals surface area contributed by atoms with Crippen molar-refractivity contribution in [2.24, 2.45) is 0 Å². The highest BCUT2D eigenvalue weighted by molar-refractivity contribution is 6.31. The maximum absolute atomic E-state index is 6.55. The number of halogens is 1. The summed E-state index contributed by atoms with van der Waals surface area (Å²) in [6.07, 6.45) is 7.01. The van der Waals surface area contributed by atoms with E-state index in [1.54, 1.807) is 7.11 Å². The van der Waals surface area contributed by atoms with Gasteiger partial charge in [-0.3, -0.25) is 0 Å². The minimum Gasteiger partial charge on any atom is -0.491 e. The van der Waals surface area contributed by atoms with E-state index in [9.17, 15) is 0 Å². The maximum Gasteiger partial charge on any atom is 0.122 e. The molecular weight excluding hydrogens is 420 g/mol. The van der Waals surface area contributed by atoms with Gasteiger partial charge in [-0.1, -0.05) is 48.0 Å². The zero-order chi connectivity index (χ0) is 23.3. The van der Waals surface area contributed by atoms with Gasteiger partial charge in [-0.2, -0.15) is 5.48 Å². The SMILES string of the molecule is CONC(C)(C1=CC(Cl)=CCC=C1Nc1cccc(C)c1)c1ccc(OC(C)C)c(C)c1. The summed E-state index contributed by atoms with van der Waals surface area (Å²) in [5, 5.41) is 4.29. The summed E-state index contributed by atoms with van der Waals surface area (Å²) in [6, 6.07) is 14.6. The van der Waals surface area contributed by atoms with Crippen molar-refractivity contribution in [1.82, 2.24) is 5.48 Å². The molecule has 1 atom stereocenters. The second-order valence-electron chi connectivity index (χ2n) is 8.57. The summed E-state index contributed by atoms with van der Waals surface area (Å²) in [4.78, 5) is 5.50. The van der Waals surface area contributed by atoms with Crippen LogP contribution in [0.5, 0.6) is 5.75 Å². The zero-order valence-electron chi connectivity index (χ0n) is 19.8. The molecule has 4 nitrogen and oxygen atoms in total. The lowest BCUT2D eigenvalue weighted by molar-refractivity contribution is 0.0338. The van der Waals surface area contributed by atoms with Crippen molar-refractivity contribution in [3.63, 3.8) is 0 Å². The lowest BCUT2D eigenvalue weighted by atomic mass is 9.82. The first kappa shape index (κ1) is 24.1. The number of anilines is 1.